The van der Waals surface area contributed by atoms with Crippen molar-refractivity contribution < 1.29 is 29.1 Å². The first kappa shape index (κ1) is 31.8. The summed E-state index contributed by atoms with van der Waals surface area (Å²) >= 11 is 6.00. The zero-order valence-corrected chi connectivity index (χ0v) is 23.9. The zero-order chi connectivity index (χ0) is 30.5. The maximum atomic E-state index is 12.2. The van der Waals surface area contributed by atoms with E-state index < -0.39 is 17.8 Å². The number of amides is 4. The molecule has 1 saturated heterocycles. The summed E-state index contributed by atoms with van der Waals surface area (Å²) in [5.74, 6) is -2.65. The minimum Gasteiger partial charge on any atom is -0.478 e. The predicted octanol–water partition coefficient (Wildman–Crippen LogP) is 5.95. The van der Waals surface area contributed by atoms with Gasteiger partial charge in [-0.2, -0.15) is 0 Å². The molecule has 0 atom stereocenters. The number of halogens is 1. The average molecular weight is 593 g/mol. The first-order valence-corrected chi connectivity index (χ1v) is 14.0. The molecule has 220 valence electrons. The highest BCUT2D eigenvalue weighted by atomic mass is 35.5. The molecule has 1 aliphatic heterocycles. The van der Waals surface area contributed by atoms with Gasteiger partial charge in [-0.1, -0.05) is 49.6 Å². The number of nitrogens with zero attached hydrogens (tertiary/aromatic N) is 1. The van der Waals surface area contributed by atoms with Gasteiger partial charge < -0.3 is 26.0 Å². The van der Waals surface area contributed by atoms with Crippen molar-refractivity contribution in [1.29, 1.82) is 0 Å². The molecular formula is C31H33ClN4O6. The van der Waals surface area contributed by atoms with Gasteiger partial charge in [-0.25, -0.2) is 4.79 Å². The van der Waals surface area contributed by atoms with Crippen molar-refractivity contribution in [3.8, 4) is 0 Å². The Morgan fingerprint density at radius 3 is 2.14 bits per heavy atom. The Morgan fingerprint density at radius 1 is 0.857 bits per heavy atom. The number of carbonyl (C=O) groups is 5. The van der Waals surface area contributed by atoms with Crippen molar-refractivity contribution in [1.82, 2.24) is 0 Å². The number of unbranched alkanes of at least 4 members (excludes halogenated alkanes) is 2. The number of hydrogen-bond donors (Lipinski definition) is 4. The molecule has 1 heterocycles. The van der Waals surface area contributed by atoms with Crippen LogP contribution in [0.2, 0.25) is 5.02 Å². The molecule has 0 spiro atoms. The zero-order valence-electron chi connectivity index (χ0n) is 23.2. The topological polar surface area (TPSA) is 145 Å². The molecule has 0 unspecified atom stereocenters. The lowest BCUT2D eigenvalue weighted by Crippen LogP contribution is -2.31. The highest BCUT2D eigenvalue weighted by Crippen LogP contribution is 2.32. The minimum absolute atomic E-state index is 0.0217. The van der Waals surface area contributed by atoms with E-state index in [1.165, 1.54) is 18.2 Å². The maximum absolute atomic E-state index is 12.2. The molecule has 0 bridgehead atoms. The van der Waals surface area contributed by atoms with Crippen molar-refractivity contribution in [2.45, 2.75) is 45.4 Å². The van der Waals surface area contributed by atoms with Crippen LogP contribution >= 0.6 is 11.6 Å². The average Bonchev–Trinajstić information content (AvgIpc) is 3.40. The smallest absolute Gasteiger partial charge is 0.335 e. The molecule has 1 aliphatic rings. The van der Waals surface area contributed by atoms with Crippen molar-refractivity contribution >= 4 is 63.9 Å². The van der Waals surface area contributed by atoms with E-state index in [2.05, 4.69) is 22.9 Å². The van der Waals surface area contributed by atoms with Crippen molar-refractivity contribution in [2.24, 2.45) is 0 Å². The Hall–Kier alpha value is -4.70. The van der Waals surface area contributed by atoms with E-state index >= 15 is 0 Å². The molecule has 11 heteroatoms. The van der Waals surface area contributed by atoms with E-state index in [0.29, 0.717) is 47.2 Å². The Balaban J connectivity index is 0.000000250. The minimum atomic E-state index is -0.967. The summed E-state index contributed by atoms with van der Waals surface area (Å²) in [6.45, 7) is 2.65. The Kier molecular flexibility index (Phi) is 12.1. The van der Waals surface area contributed by atoms with E-state index in [4.69, 9.17) is 16.7 Å². The molecule has 0 aliphatic carbocycles. The van der Waals surface area contributed by atoms with Crippen LogP contribution in [0.3, 0.4) is 0 Å². The highest BCUT2D eigenvalue weighted by molar-refractivity contribution is 6.44. The standard InChI is InChI=1S/C18H16ClN3O3.C13H17NO3/c19-12-8-9-15(22-10-4-7-16(22)23)14(11-12)21-18(25)17(24)20-13-5-2-1-3-6-13;1-2-3-4-5-12(15)14-11-8-6-10(7-9-11)13(16)17/h1-3,5-6,8-9,11H,4,7,10H2,(H,20,24)(H,21,25);6-9H,2-5H2,1H3,(H,14,15)(H,16,17). The van der Waals surface area contributed by atoms with E-state index in [9.17, 15) is 24.0 Å². The number of benzene rings is 3. The molecule has 42 heavy (non-hydrogen) atoms. The molecule has 4 N–H and O–H groups in total. The van der Waals surface area contributed by atoms with Gasteiger partial charge in [0.15, 0.2) is 0 Å². The van der Waals surface area contributed by atoms with Crippen molar-refractivity contribution in [3.63, 3.8) is 0 Å². The fraction of sp³-hybridized carbons (Fsp3) is 0.258. The van der Waals surface area contributed by atoms with Crippen LogP contribution in [0.4, 0.5) is 22.7 Å². The van der Waals surface area contributed by atoms with Crippen LogP contribution in [0.1, 0.15) is 55.8 Å². The van der Waals surface area contributed by atoms with E-state index in [-0.39, 0.29) is 17.4 Å². The second-order valence-electron chi connectivity index (χ2n) is 9.47. The SMILES string of the molecule is CCCCCC(=O)Nc1ccc(C(=O)O)cc1.O=C(Nc1ccccc1)C(=O)Nc1cc(Cl)ccc1N1CCCC1=O. The van der Waals surface area contributed by atoms with Gasteiger partial charge in [-0.15, -0.1) is 0 Å². The van der Waals surface area contributed by atoms with Crippen LogP contribution in [0, 0.1) is 0 Å². The second kappa shape index (κ2) is 15.9. The van der Waals surface area contributed by atoms with Gasteiger partial charge in [0.1, 0.15) is 0 Å². The normalized spacial score (nSPS) is 12.1. The molecule has 10 nitrogen and oxygen atoms in total. The van der Waals surface area contributed by atoms with Gasteiger partial charge >= 0.3 is 17.8 Å². The first-order valence-electron chi connectivity index (χ1n) is 13.6. The third-order valence-corrected chi connectivity index (χ3v) is 6.47. The number of nitrogens with one attached hydrogen (secondary N) is 3. The summed E-state index contributed by atoms with van der Waals surface area (Å²) in [5.41, 5.74) is 2.23. The van der Waals surface area contributed by atoms with Crippen molar-refractivity contribution in [3.05, 3.63) is 83.4 Å². The van der Waals surface area contributed by atoms with Crippen LogP contribution in [0.25, 0.3) is 0 Å². The number of carbonyl (C=O) groups excluding carboxylic acids is 4. The van der Waals surface area contributed by atoms with Crippen LogP contribution in [-0.4, -0.2) is 41.2 Å². The number of para-hydroxylation sites is 1. The van der Waals surface area contributed by atoms with E-state index in [1.807, 2.05) is 0 Å². The van der Waals surface area contributed by atoms with Crippen LogP contribution in [-0.2, 0) is 19.2 Å². The Morgan fingerprint density at radius 2 is 1.52 bits per heavy atom. The molecule has 1 fully saturated rings. The number of anilines is 4. The maximum Gasteiger partial charge on any atom is 0.335 e. The number of hydrogen-bond acceptors (Lipinski definition) is 5. The van der Waals surface area contributed by atoms with E-state index in [1.54, 1.807) is 59.5 Å². The lowest BCUT2D eigenvalue weighted by atomic mass is 10.2. The highest BCUT2D eigenvalue weighted by Gasteiger charge is 2.25. The van der Waals surface area contributed by atoms with Crippen LogP contribution in [0.5, 0.6) is 0 Å². The Bertz CT molecular complexity index is 1410. The number of rotatable bonds is 9. The van der Waals surface area contributed by atoms with Gasteiger partial charge in [-0.3, -0.25) is 19.2 Å². The van der Waals surface area contributed by atoms with Crippen LogP contribution in [0.15, 0.2) is 72.8 Å². The van der Waals surface area contributed by atoms with Gasteiger partial charge in [0.2, 0.25) is 11.8 Å². The number of carboxylic acids is 1. The van der Waals surface area contributed by atoms with Gasteiger partial charge in [0.25, 0.3) is 0 Å². The number of aromatic carboxylic acids is 1. The molecule has 3 aromatic carbocycles. The van der Waals surface area contributed by atoms with E-state index in [0.717, 1.165) is 25.7 Å². The first-order chi connectivity index (χ1) is 20.2. The van der Waals surface area contributed by atoms with Crippen LogP contribution < -0.4 is 20.9 Å². The third-order valence-electron chi connectivity index (χ3n) is 6.23. The summed E-state index contributed by atoms with van der Waals surface area (Å²) in [5, 5.41) is 16.9. The summed E-state index contributed by atoms with van der Waals surface area (Å²) < 4.78 is 0. The lowest BCUT2D eigenvalue weighted by Gasteiger charge is -2.20. The van der Waals surface area contributed by atoms with Gasteiger partial charge in [-0.05, 0) is 67.4 Å². The molecule has 4 rings (SSSR count). The quantitative estimate of drug-likeness (QED) is 0.178. The third kappa shape index (κ3) is 9.74. The Labute approximate surface area is 249 Å². The van der Waals surface area contributed by atoms with Crippen molar-refractivity contribution in [2.75, 3.05) is 27.4 Å². The molecule has 0 radical (unpaired) electrons. The monoisotopic (exact) mass is 592 g/mol. The predicted molar refractivity (Wildman–Crippen MR) is 163 cm³/mol. The van der Waals surface area contributed by atoms with Gasteiger partial charge in [0.05, 0.1) is 16.9 Å². The molecule has 0 aromatic heterocycles. The molecule has 0 saturated carbocycles. The second-order valence-corrected chi connectivity index (χ2v) is 9.91. The molecular weight excluding hydrogens is 560 g/mol. The largest absolute Gasteiger partial charge is 0.478 e. The molecule has 4 amide bonds. The summed E-state index contributed by atoms with van der Waals surface area (Å²) in [6.07, 6.45) is 4.74. The number of carboxylic acid groups (broad SMARTS) is 1. The summed E-state index contributed by atoms with van der Waals surface area (Å²) in [6, 6.07) is 19.6. The summed E-state index contributed by atoms with van der Waals surface area (Å²) in [7, 11) is 0. The molecule has 3 aromatic rings. The summed E-state index contributed by atoms with van der Waals surface area (Å²) in [4.78, 5) is 59.9. The van der Waals surface area contributed by atoms with Gasteiger partial charge in [0, 0.05) is 35.8 Å². The lowest BCUT2D eigenvalue weighted by molar-refractivity contribution is -0.132. The fourth-order valence-corrected chi connectivity index (χ4v) is 4.26. The fourth-order valence-electron chi connectivity index (χ4n) is 4.09.